The van der Waals surface area contributed by atoms with E-state index in [9.17, 15) is 4.79 Å². The smallest absolute Gasteiger partial charge is 0.188 e. The molecule has 0 saturated heterocycles. The molecule has 1 aliphatic heterocycles. The maximum absolute atomic E-state index is 11.2. The van der Waals surface area contributed by atoms with Crippen molar-refractivity contribution in [3.8, 4) is 0 Å². The Balaban J connectivity index is 2.40. The third-order valence-electron chi connectivity index (χ3n) is 2.32. The average molecular weight is 211 g/mol. The molecule has 0 fully saturated rings. The monoisotopic (exact) mass is 211 g/mol. The molecule has 0 spiro atoms. The zero-order chi connectivity index (χ0) is 10.3. The fourth-order valence-electron chi connectivity index (χ4n) is 1.71. The first kappa shape index (κ1) is 9.80. The van der Waals surface area contributed by atoms with E-state index in [-0.39, 0.29) is 18.0 Å². The van der Waals surface area contributed by atoms with Crippen molar-refractivity contribution in [3.63, 3.8) is 0 Å². The van der Waals surface area contributed by atoms with Gasteiger partial charge in [0.1, 0.15) is 0 Å². The van der Waals surface area contributed by atoms with Crippen molar-refractivity contribution >= 4 is 17.1 Å². The molecule has 0 aromatic carbocycles. The number of ether oxygens (including phenoxy) is 1. The van der Waals surface area contributed by atoms with Crippen molar-refractivity contribution in [2.24, 2.45) is 0 Å². The molecule has 2 rings (SSSR count). The van der Waals surface area contributed by atoms with Crippen molar-refractivity contribution < 1.29 is 9.53 Å². The second-order valence-corrected chi connectivity index (χ2v) is 4.71. The summed E-state index contributed by atoms with van der Waals surface area (Å²) in [7, 11) is 0. The first-order valence-corrected chi connectivity index (χ1v) is 5.55. The highest BCUT2D eigenvalue weighted by atomic mass is 32.1. The van der Waals surface area contributed by atoms with Gasteiger partial charge in [-0.2, -0.15) is 0 Å². The summed E-state index contributed by atoms with van der Waals surface area (Å²) in [5.41, 5.74) is 1.05. The molecular formula is C10H13NO2S. The molecule has 0 bridgehead atoms. The summed E-state index contributed by atoms with van der Waals surface area (Å²) in [5, 5.41) is 0.611. The third kappa shape index (κ3) is 1.60. The van der Waals surface area contributed by atoms with Crippen LogP contribution in [0.15, 0.2) is 0 Å². The van der Waals surface area contributed by atoms with Gasteiger partial charge in [-0.05, 0) is 13.8 Å². The van der Waals surface area contributed by atoms with Crippen LogP contribution in [0, 0.1) is 0 Å². The molecule has 2 heterocycles. The first-order chi connectivity index (χ1) is 6.58. The Hall–Kier alpha value is -0.740. The molecule has 3 nitrogen and oxygen atoms in total. The number of fused-ring (bicyclic) bond motifs is 1. The minimum Gasteiger partial charge on any atom is -0.370 e. The maximum Gasteiger partial charge on any atom is 0.188 e. The molecule has 0 saturated carbocycles. The minimum absolute atomic E-state index is 0.0456. The van der Waals surface area contributed by atoms with Gasteiger partial charge in [-0.15, -0.1) is 11.3 Å². The lowest BCUT2D eigenvalue weighted by molar-refractivity contribution is -0.00319. The molecule has 2 atom stereocenters. The van der Waals surface area contributed by atoms with Gasteiger partial charge >= 0.3 is 0 Å². The standard InChI is InChI=1S/C10H13NO2S/c1-5-4-8-9(7(3)13-5)14-10(11-8)6(2)12/h5,7H,4H2,1-3H3. The first-order valence-electron chi connectivity index (χ1n) is 4.74. The number of carbonyl (C=O) groups excluding carboxylic acids is 1. The minimum atomic E-state index is 0.0456. The Labute approximate surface area is 87.1 Å². The lowest BCUT2D eigenvalue weighted by Gasteiger charge is -2.23. The highest BCUT2D eigenvalue weighted by Gasteiger charge is 2.26. The van der Waals surface area contributed by atoms with E-state index in [1.807, 2.05) is 13.8 Å². The third-order valence-corrected chi connectivity index (χ3v) is 3.67. The molecule has 0 N–H and O–H groups in total. The molecule has 0 amide bonds. The zero-order valence-corrected chi connectivity index (χ0v) is 9.35. The van der Waals surface area contributed by atoms with Crippen LogP contribution in [0.5, 0.6) is 0 Å². The predicted molar refractivity (Wildman–Crippen MR) is 54.8 cm³/mol. The van der Waals surface area contributed by atoms with Gasteiger partial charge in [0.2, 0.25) is 0 Å². The Morgan fingerprint density at radius 2 is 2.29 bits per heavy atom. The van der Waals surface area contributed by atoms with Crippen LogP contribution < -0.4 is 0 Å². The highest BCUT2D eigenvalue weighted by Crippen LogP contribution is 2.34. The lowest BCUT2D eigenvalue weighted by atomic mass is 10.1. The molecule has 0 radical (unpaired) electrons. The molecular weight excluding hydrogens is 198 g/mol. The average Bonchev–Trinajstić information content (AvgIpc) is 2.47. The number of ketones is 1. The number of thiazole rings is 1. The number of nitrogens with zero attached hydrogens (tertiary/aromatic N) is 1. The van der Waals surface area contributed by atoms with E-state index < -0.39 is 0 Å². The lowest BCUT2D eigenvalue weighted by Crippen LogP contribution is -2.20. The molecule has 4 heteroatoms. The Morgan fingerprint density at radius 1 is 1.57 bits per heavy atom. The van der Waals surface area contributed by atoms with Gasteiger partial charge in [0, 0.05) is 13.3 Å². The molecule has 1 aromatic rings. The summed E-state index contributed by atoms with van der Waals surface area (Å²) < 4.78 is 5.66. The number of Topliss-reactive ketones (excluding diaryl/α,β-unsaturated/α-hetero) is 1. The van der Waals surface area contributed by atoms with Gasteiger partial charge in [0.15, 0.2) is 10.8 Å². The van der Waals surface area contributed by atoms with E-state index >= 15 is 0 Å². The highest BCUT2D eigenvalue weighted by molar-refractivity contribution is 7.13. The molecule has 1 aliphatic rings. The second kappa shape index (κ2) is 3.44. The summed E-state index contributed by atoms with van der Waals surface area (Å²) in [4.78, 5) is 16.6. The quantitative estimate of drug-likeness (QED) is 0.669. The van der Waals surface area contributed by atoms with Gasteiger partial charge in [0.05, 0.1) is 22.8 Å². The second-order valence-electron chi connectivity index (χ2n) is 3.68. The van der Waals surface area contributed by atoms with E-state index in [2.05, 4.69) is 4.98 Å². The summed E-state index contributed by atoms with van der Waals surface area (Å²) in [5.74, 6) is 0.0456. The van der Waals surface area contributed by atoms with Crippen LogP contribution in [0.2, 0.25) is 0 Å². The molecule has 0 aliphatic carbocycles. The summed E-state index contributed by atoms with van der Waals surface area (Å²) >= 11 is 1.47. The molecule has 1 aromatic heterocycles. The normalized spacial score (nSPS) is 25.9. The van der Waals surface area contributed by atoms with Crippen molar-refractivity contribution in [1.82, 2.24) is 4.98 Å². The van der Waals surface area contributed by atoms with E-state index in [1.165, 1.54) is 11.3 Å². The van der Waals surface area contributed by atoms with Crippen LogP contribution in [0.1, 0.15) is 47.2 Å². The van der Waals surface area contributed by atoms with Crippen LogP contribution in [0.4, 0.5) is 0 Å². The zero-order valence-electron chi connectivity index (χ0n) is 8.53. The number of rotatable bonds is 1. The van der Waals surface area contributed by atoms with Gasteiger partial charge < -0.3 is 4.74 Å². The topological polar surface area (TPSA) is 39.2 Å². The van der Waals surface area contributed by atoms with E-state index in [0.717, 1.165) is 17.0 Å². The predicted octanol–water partition coefficient (Wildman–Crippen LogP) is 2.37. The van der Waals surface area contributed by atoms with Crippen LogP contribution in [-0.2, 0) is 11.2 Å². The van der Waals surface area contributed by atoms with Gasteiger partial charge in [-0.1, -0.05) is 0 Å². The molecule has 2 unspecified atom stereocenters. The number of hydrogen-bond acceptors (Lipinski definition) is 4. The summed E-state index contributed by atoms with van der Waals surface area (Å²) in [6.07, 6.45) is 1.11. The van der Waals surface area contributed by atoms with Gasteiger partial charge in [-0.3, -0.25) is 4.79 Å². The summed E-state index contributed by atoms with van der Waals surface area (Å²) in [6.45, 7) is 5.60. The molecule has 76 valence electrons. The van der Waals surface area contributed by atoms with Gasteiger partial charge in [-0.25, -0.2) is 4.98 Å². The van der Waals surface area contributed by atoms with Crippen LogP contribution >= 0.6 is 11.3 Å². The Morgan fingerprint density at radius 3 is 2.93 bits per heavy atom. The van der Waals surface area contributed by atoms with Crippen molar-refractivity contribution in [3.05, 3.63) is 15.6 Å². The van der Waals surface area contributed by atoms with Crippen molar-refractivity contribution in [2.75, 3.05) is 0 Å². The van der Waals surface area contributed by atoms with E-state index in [0.29, 0.717) is 5.01 Å². The Kier molecular flexibility index (Phi) is 2.41. The van der Waals surface area contributed by atoms with Gasteiger partial charge in [0.25, 0.3) is 0 Å². The van der Waals surface area contributed by atoms with Crippen LogP contribution in [-0.4, -0.2) is 16.9 Å². The number of hydrogen-bond donors (Lipinski definition) is 0. The largest absolute Gasteiger partial charge is 0.370 e. The summed E-state index contributed by atoms with van der Waals surface area (Å²) in [6, 6.07) is 0. The Bertz CT molecular complexity index is 372. The van der Waals surface area contributed by atoms with Crippen LogP contribution in [0.25, 0.3) is 0 Å². The maximum atomic E-state index is 11.2. The number of carbonyl (C=O) groups is 1. The van der Waals surface area contributed by atoms with E-state index in [1.54, 1.807) is 6.92 Å². The SMILES string of the molecule is CC(=O)c1nc2c(s1)C(C)OC(C)C2. The van der Waals surface area contributed by atoms with Crippen molar-refractivity contribution in [1.29, 1.82) is 0 Å². The van der Waals surface area contributed by atoms with E-state index in [4.69, 9.17) is 4.74 Å². The van der Waals surface area contributed by atoms with Crippen molar-refractivity contribution in [2.45, 2.75) is 39.4 Å². The molecule has 14 heavy (non-hydrogen) atoms. The number of aromatic nitrogens is 1. The fourth-order valence-corrected chi connectivity index (χ4v) is 2.68. The fraction of sp³-hybridized carbons (Fsp3) is 0.600. The van der Waals surface area contributed by atoms with Crippen LogP contribution in [0.3, 0.4) is 0 Å².